The van der Waals surface area contributed by atoms with Gasteiger partial charge >= 0.3 is 5.97 Å². The fraction of sp³-hybridized carbons (Fsp3) is 0.562. The fourth-order valence-electron chi connectivity index (χ4n) is 2.48. The maximum absolute atomic E-state index is 11.1. The van der Waals surface area contributed by atoms with Gasteiger partial charge in [0.2, 0.25) is 6.29 Å². The van der Waals surface area contributed by atoms with Crippen LogP contribution in [0.2, 0.25) is 0 Å². The van der Waals surface area contributed by atoms with Crippen LogP contribution < -0.4 is 10.1 Å². The average Bonchev–Trinajstić information content (AvgIpc) is 2.55. The predicted molar refractivity (Wildman–Crippen MR) is 86.1 cm³/mol. The normalized spacial score (nSPS) is 29.5. The van der Waals surface area contributed by atoms with E-state index >= 15 is 0 Å². The number of aliphatic hydroxyl groups excluding tert-OH is 4. The van der Waals surface area contributed by atoms with Crippen LogP contribution in [0.5, 0.6) is 5.75 Å². The van der Waals surface area contributed by atoms with E-state index in [4.69, 9.17) is 14.6 Å². The van der Waals surface area contributed by atoms with Gasteiger partial charge in [0.25, 0.3) is 0 Å². The van der Waals surface area contributed by atoms with Gasteiger partial charge in [0.05, 0.1) is 12.3 Å². The number of benzene rings is 1. The lowest BCUT2D eigenvalue weighted by molar-refractivity contribution is -0.271. The number of carboxylic acids is 1. The number of hydrogen-bond acceptors (Lipinski definition) is 8. The lowest BCUT2D eigenvalue weighted by Crippen LogP contribution is -2.61. The van der Waals surface area contributed by atoms with Crippen molar-refractivity contribution >= 4 is 11.7 Å². The summed E-state index contributed by atoms with van der Waals surface area (Å²) in [5.74, 6) is -1.24. The van der Waals surface area contributed by atoms with E-state index in [2.05, 4.69) is 5.32 Å². The summed E-state index contributed by atoms with van der Waals surface area (Å²) in [5.41, 5.74) is 1.13. The van der Waals surface area contributed by atoms with Crippen molar-refractivity contribution in [2.24, 2.45) is 0 Å². The molecule has 9 heteroatoms. The Hall–Kier alpha value is -1.91. The number of aliphatic carboxylic acids is 1. The third-order valence-electron chi connectivity index (χ3n) is 3.73. The highest BCUT2D eigenvalue weighted by atomic mass is 16.7. The van der Waals surface area contributed by atoms with Crippen LogP contribution in [0.4, 0.5) is 5.69 Å². The van der Waals surface area contributed by atoms with Crippen LogP contribution in [0.1, 0.15) is 19.4 Å². The smallest absolute Gasteiger partial charge is 0.335 e. The molecule has 0 radical (unpaired) electrons. The minimum absolute atomic E-state index is 0.0349. The molecule has 1 aromatic carbocycles. The Labute approximate surface area is 144 Å². The number of carbonyl (C=O) groups is 1. The second kappa shape index (κ2) is 7.98. The van der Waals surface area contributed by atoms with Gasteiger partial charge in [0.15, 0.2) is 6.10 Å². The highest BCUT2D eigenvalue weighted by molar-refractivity contribution is 5.73. The summed E-state index contributed by atoms with van der Waals surface area (Å²) in [5, 5.41) is 51.0. The first-order valence-corrected chi connectivity index (χ1v) is 7.84. The Kier molecular flexibility index (Phi) is 6.20. The number of rotatable bonds is 6. The lowest BCUT2D eigenvalue weighted by atomic mass is 9.99. The summed E-state index contributed by atoms with van der Waals surface area (Å²) >= 11 is 0. The third-order valence-corrected chi connectivity index (χ3v) is 3.73. The van der Waals surface area contributed by atoms with Gasteiger partial charge in [-0.05, 0) is 31.5 Å². The zero-order chi connectivity index (χ0) is 18.7. The van der Waals surface area contributed by atoms with Crippen LogP contribution in [0.15, 0.2) is 18.2 Å². The molecule has 2 rings (SSSR count). The summed E-state index contributed by atoms with van der Waals surface area (Å²) in [4.78, 5) is 11.1. The summed E-state index contributed by atoms with van der Waals surface area (Å²) in [6.45, 7) is 3.60. The fourth-order valence-corrected chi connectivity index (χ4v) is 2.48. The molecule has 1 heterocycles. The van der Waals surface area contributed by atoms with E-state index in [1.165, 1.54) is 6.07 Å². The van der Waals surface area contributed by atoms with Gasteiger partial charge in [-0.1, -0.05) is 6.07 Å². The first kappa shape index (κ1) is 19.4. The first-order valence-electron chi connectivity index (χ1n) is 7.84. The molecule has 9 nitrogen and oxygen atoms in total. The van der Waals surface area contributed by atoms with E-state index in [9.17, 15) is 25.2 Å². The molecule has 140 valence electrons. The highest BCUT2D eigenvalue weighted by Crippen LogP contribution is 2.31. The topological polar surface area (TPSA) is 149 Å². The number of carboxylic acid groups (broad SMARTS) is 1. The van der Waals surface area contributed by atoms with Gasteiger partial charge in [-0.15, -0.1) is 0 Å². The molecule has 1 aromatic rings. The van der Waals surface area contributed by atoms with Crippen molar-refractivity contribution in [2.75, 3.05) is 5.32 Å². The molecule has 0 bridgehead atoms. The molecular weight excluding hydrogens is 334 g/mol. The molecule has 25 heavy (non-hydrogen) atoms. The zero-order valence-electron chi connectivity index (χ0n) is 13.9. The van der Waals surface area contributed by atoms with Gasteiger partial charge in [-0.2, -0.15) is 0 Å². The largest absolute Gasteiger partial charge is 0.479 e. The monoisotopic (exact) mass is 357 g/mol. The lowest BCUT2D eigenvalue weighted by Gasteiger charge is -2.38. The Bertz CT molecular complexity index is 608. The first-order chi connectivity index (χ1) is 11.7. The average molecular weight is 357 g/mol. The second-order valence-corrected chi connectivity index (χ2v) is 6.14. The molecule has 0 saturated carbocycles. The van der Waals surface area contributed by atoms with Crippen LogP contribution in [0, 0.1) is 0 Å². The summed E-state index contributed by atoms with van der Waals surface area (Å²) < 4.78 is 10.7. The van der Waals surface area contributed by atoms with E-state index in [1.807, 2.05) is 13.8 Å². The van der Waals surface area contributed by atoms with E-state index in [1.54, 1.807) is 12.1 Å². The van der Waals surface area contributed by atoms with Crippen LogP contribution in [-0.4, -0.2) is 68.2 Å². The highest BCUT2D eigenvalue weighted by Gasteiger charge is 2.48. The molecule has 0 amide bonds. The molecule has 6 N–H and O–H groups in total. The number of anilines is 1. The van der Waals surface area contributed by atoms with Crippen molar-refractivity contribution in [2.45, 2.75) is 57.2 Å². The second-order valence-electron chi connectivity index (χ2n) is 6.14. The van der Waals surface area contributed by atoms with Gasteiger partial charge in [-0.3, -0.25) is 0 Å². The Morgan fingerprint density at radius 1 is 1.24 bits per heavy atom. The minimum Gasteiger partial charge on any atom is -0.479 e. The number of hydrogen-bond donors (Lipinski definition) is 6. The van der Waals surface area contributed by atoms with E-state index < -0.39 is 36.7 Å². The molecule has 1 saturated heterocycles. The molecule has 5 atom stereocenters. The Balaban J connectivity index is 2.26. The molecule has 1 fully saturated rings. The van der Waals surface area contributed by atoms with Crippen LogP contribution in [0.25, 0.3) is 0 Å². The van der Waals surface area contributed by atoms with Crippen LogP contribution >= 0.6 is 0 Å². The molecule has 5 unspecified atom stereocenters. The van der Waals surface area contributed by atoms with Gasteiger partial charge in [0, 0.05) is 6.04 Å². The van der Waals surface area contributed by atoms with Crippen LogP contribution in [0.3, 0.4) is 0 Å². The molecule has 1 aliphatic heterocycles. The number of ether oxygens (including phenoxy) is 2. The van der Waals surface area contributed by atoms with Crippen LogP contribution in [-0.2, 0) is 16.1 Å². The van der Waals surface area contributed by atoms with E-state index in [-0.39, 0.29) is 18.4 Å². The summed E-state index contributed by atoms with van der Waals surface area (Å²) in [7, 11) is 0. The molecule has 0 aromatic heterocycles. The van der Waals surface area contributed by atoms with Crippen molar-refractivity contribution in [1.29, 1.82) is 0 Å². The summed E-state index contributed by atoms with van der Waals surface area (Å²) in [6.07, 6.45) is -8.39. The number of nitrogens with one attached hydrogen (secondary N) is 1. The Morgan fingerprint density at radius 3 is 2.48 bits per heavy atom. The summed E-state index contributed by atoms with van der Waals surface area (Å²) in [6, 6.07) is 4.80. The van der Waals surface area contributed by atoms with Crippen molar-refractivity contribution in [3.8, 4) is 5.75 Å². The predicted octanol–water partition coefficient (Wildman–Crippen LogP) is -0.730. The maximum Gasteiger partial charge on any atom is 0.335 e. The van der Waals surface area contributed by atoms with Gasteiger partial charge in [0.1, 0.15) is 24.1 Å². The third kappa shape index (κ3) is 4.39. The molecular formula is C16H23NO8. The van der Waals surface area contributed by atoms with Crippen molar-refractivity contribution < 1.29 is 39.8 Å². The maximum atomic E-state index is 11.1. The van der Waals surface area contributed by atoms with Gasteiger partial charge in [-0.25, -0.2) is 4.79 Å². The molecule has 0 spiro atoms. The van der Waals surface area contributed by atoms with Crippen molar-refractivity contribution in [3.05, 3.63) is 23.8 Å². The quantitative estimate of drug-likeness (QED) is 0.387. The number of aliphatic hydroxyl groups is 4. The standard InChI is InChI=1S/C16H23NO8/c1-7(2)17-9-5-8(6-18)3-4-10(9)24-16-13(21)11(19)12(20)14(25-16)15(22)23/h3-5,7,11-14,16-21H,6H2,1-2H3,(H,22,23). The Morgan fingerprint density at radius 2 is 1.92 bits per heavy atom. The van der Waals surface area contributed by atoms with Crippen molar-refractivity contribution in [3.63, 3.8) is 0 Å². The van der Waals surface area contributed by atoms with Crippen molar-refractivity contribution in [1.82, 2.24) is 0 Å². The minimum atomic E-state index is -1.78. The molecule has 1 aliphatic rings. The van der Waals surface area contributed by atoms with Gasteiger partial charge < -0.3 is 40.3 Å². The van der Waals surface area contributed by atoms with E-state index in [0.29, 0.717) is 11.3 Å². The molecule has 0 aliphatic carbocycles. The van der Waals surface area contributed by atoms with E-state index in [0.717, 1.165) is 0 Å². The zero-order valence-corrected chi connectivity index (χ0v) is 13.9. The SMILES string of the molecule is CC(C)Nc1cc(CO)ccc1OC1OC(C(=O)O)C(O)C(O)C1O.